The number of amides is 3. The van der Waals surface area contributed by atoms with Crippen molar-refractivity contribution in [2.24, 2.45) is 0 Å². The van der Waals surface area contributed by atoms with Gasteiger partial charge in [-0.3, -0.25) is 14.4 Å². The van der Waals surface area contributed by atoms with Gasteiger partial charge in [-0.05, 0) is 36.2 Å². The summed E-state index contributed by atoms with van der Waals surface area (Å²) in [5.41, 5.74) is 1.36. The first-order valence-electron chi connectivity index (χ1n) is 10.6. The second kappa shape index (κ2) is 11.2. The average Bonchev–Trinajstić information content (AvgIpc) is 3.09. The van der Waals surface area contributed by atoms with Crippen molar-refractivity contribution in [3.05, 3.63) is 59.7 Å². The maximum atomic E-state index is 12.8. The molecular weight excluding hydrogens is 410 g/mol. The summed E-state index contributed by atoms with van der Waals surface area (Å²) >= 11 is 0. The molecule has 0 unspecified atom stereocenters. The summed E-state index contributed by atoms with van der Waals surface area (Å²) in [5.74, 6) is 0.780. The number of benzene rings is 2. The molecule has 0 atom stereocenters. The van der Waals surface area contributed by atoms with Crippen LogP contribution in [0, 0.1) is 0 Å². The zero-order chi connectivity index (χ0) is 22.9. The number of hydrogen-bond donors (Lipinski definition) is 1. The van der Waals surface area contributed by atoms with Crippen LogP contribution in [0.1, 0.15) is 22.3 Å². The summed E-state index contributed by atoms with van der Waals surface area (Å²) in [7, 11) is 3.13. The monoisotopic (exact) mass is 439 g/mol. The summed E-state index contributed by atoms with van der Waals surface area (Å²) in [6, 6.07) is 14.2. The van der Waals surface area contributed by atoms with Gasteiger partial charge in [0.05, 0.1) is 27.2 Å². The van der Waals surface area contributed by atoms with Crippen LogP contribution in [-0.4, -0.2) is 74.5 Å². The molecule has 8 heteroatoms. The van der Waals surface area contributed by atoms with Gasteiger partial charge in [-0.15, -0.1) is 0 Å². The third-order valence-corrected chi connectivity index (χ3v) is 5.44. The van der Waals surface area contributed by atoms with Gasteiger partial charge in [0.25, 0.3) is 5.91 Å². The molecule has 3 rings (SSSR count). The third-order valence-electron chi connectivity index (χ3n) is 5.44. The van der Waals surface area contributed by atoms with E-state index < -0.39 is 0 Å². The number of nitrogens with zero attached hydrogens (tertiary/aromatic N) is 2. The smallest absolute Gasteiger partial charge is 0.251 e. The Balaban J connectivity index is 1.50. The van der Waals surface area contributed by atoms with Gasteiger partial charge < -0.3 is 24.6 Å². The number of ether oxygens (including phenoxy) is 2. The van der Waals surface area contributed by atoms with E-state index in [4.69, 9.17) is 9.47 Å². The predicted octanol–water partition coefficient (Wildman–Crippen LogP) is 1.74. The molecule has 2 aromatic carbocycles. The van der Waals surface area contributed by atoms with E-state index in [1.54, 1.807) is 60.4 Å². The molecule has 0 saturated carbocycles. The predicted molar refractivity (Wildman–Crippen MR) is 120 cm³/mol. The van der Waals surface area contributed by atoms with Gasteiger partial charge in [0.1, 0.15) is 0 Å². The van der Waals surface area contributed by atoms with E-state index in [-0.39, 0.29) is 30.7 Å². The lowest BCUT2D eigenvalue weighted by molar-refractivity contribution is -0.132. The van der Waals surface area contributed by atoms with Crippen molar-refractivity contribution >= 4 is 17.7 Å². The Morgan fingerprint density at radius 2 is 1.50 bits per heavy atom. The Hall–Kier alpha value is -3.55. The Bertz CT molecular complexity index is 948. The summed E-state index contributed by atoms with van der Waals surface area (Å²) in [6.45, 7) is 1.99. The van der Waals surface area contributed by atoms with Gasteiger partial charge in [0, 0.05) is 31.7 Å². The fourth-order valence-electron chi connectivity index (χ4n) is 3.65. The van der Waals surface area contributed by atoms with Crippen molar-refractivity contribution in [1.82, 2.24) is 15.1 Å². The van der Waals surface area contributed by atoms with E-state index in [9.17, 15) is 14.4 Å². The average molecular weight is 440 g/mol. The molecule has 1 N–H and O–H groups in total. The van der Waals surface area contributed by atoms with Gasteiger partial charge >= 0.3 is 0 Å². The zero-order valence-electron chi connectivity index (χ0n) is 18.5. The second-order valence-corrected chi connectivity index (χ2v) is 7.53. The fourth-order valence-corrected chi connectivity index (χ4v) is 3.65. The standard InChI is InChI=1S/C24H29N3O5/c1-31-20-10-9-18(15-21(20)32-2)16-22(28)26-11-6-12-27(14-13-26)23(29)17-25-24(30)19-7-4-3-5-8-19/h3-5,7-10,15H,6,11-14,16-17H2,1-2H3,(H,25,30). The molecule has 1 aliphatic rings. The van der Waals surface area contributed by atoms with E-state index in [0.717, 1.165) is 5.56 Å². The van der Waals surface area contributed by atoms with Crippen molar-refractivity contribution in [1.29, 1.82) is 0 Å². The number of hydrogen-bond acceptors (Lipinski definition) is 5. The van der Waals surface area contributed by atoms with Gasteiger partial charge in [-0.25, -0.2) is 0 Å². The van der Waals surface area contributed by atoms with E-state index in [1.165, 1.54) is 0 Å². The van der Waals surface area contributed by atoms with Gasteiger partial charge in [0.15, 0.2) is 11.5 Å². The van der Waals surface area contributed by atoms with Crippen LogP contribution in [0.2, 0.25) is 0 Å². The van der Waals surface area contributed by atoms with Crippen molar-refractivity contribution in [3.8, 4) is 11.5 Å². The zero-order valence-corrected chi connectivity index (χ0v) is 18.5. The van der Waals surface area contributed by atoms with Crippen molar-refractivity contribution in [3.63, 3.8) is 0 Å². The van der Waals surface area contributed by atoms with Crippen molar-refractivity contribution in [2.75, 3.05) is 46.9 Å². The minimum absolute atomic E-state index is 0.00361. The largest absolute Gasteiger partial charge is 0.493 e. The summed E-state index contributed by atoms with van der Waals surface area (Å²) < 4.78 is 10.5. The Morgan fingerprint density at radius 3 is 2.16 bits per heavy atom. The maximum absolute atomic E-state index is 12.8. The molecule has 170 valence electrons. The highest BCUT2D eigenvalue weighted by Gasteiger charge is 2.22. The minimum atomic E-state index is -0.277. The molecule has 0 bridgehead atoms. The number of nitrogens with one attached hydrogen (secondary N) is 1. The first kappa shape index (κ1) is 23.1. The van der Waals surface area contributed by atoms with E-state index in [1.807, 2.05) is 12.1 Å². The van der Waals surface area contributed by atoms with Gasteiger partial charge in [0.2, 0.25) is 11.8 Å². The number of methoxy groups -OCH3 is 2. The number of carbonyl (C=O) groups is 3. The molecule has 1 heterocycles. The third kappa shape index (κ3) is 6.00. The van der Waals surface area contributed by atoms with Gasteiger partial charge in [-0.2, -0.15) is 0 Å². The fraction of sp³-hybridized carbons (Fsp3) is 0.375. The minimum Gasteiger partial charge on any atom is -0.493 e. The normalized spacial score (nSPS) is 13.8. The highest BCUT2D eigenvalue weighted by Crippen LogP contribution is 2.27. The molecule has 3 amide bonds. The quantitative estimate of drug-likeness (QED) is 0.710. The molecular formula is C24H29N3O5. The van der Waals surface area contributed by atoms with Crippen LogP contribution < -0.4 is 14.8 Å². The molecule has 2 aromatic rings. The molecule has 8 nitrogen and oxygen atoms in total. The lowest BCUT2D eigenvalue weighted by Gasteiger charge is -2.22. The summed E-state index contributed by atoms with van der Waals surface area (Å²) in [6.07, 6.45) is 0.942. The first-order chi connectivity index (χ1) is 15.5. The molecule has 0 radical (unpaired) electrons. The Labute approximate surface area is 188 Å². The van der Waals surface area contributed by atoms with E-state index in [2.05, 4.69) is 5.32 Å². The van der Waals surface area contributed by atoms with Crippen LogP contribution >= 0.6 is 0 Å². The topological polar surface area (TPSA) is 88.2 Å². The molecule has 32 heavy (non-hydrogen) atoms. The molecule has 0 aromatic heterocycles. The Kier molecular flexibility index (Phi) is 8.08. The SMILES string of the molecule is COc1ccc(CC(=O)N2CCCN(C(=O)CNC(=O)c3ccccc3)CC2)cc1OC. The first-order valence-corrected chi connectivity index (χ1v) is 10.6. The summed E-state index contributed by atoms with van der Waals surface area (Å²) in [4.78, 5) is 41.0. The van der Waals surface area contributed by atoms with Crippen LogP contribution in [-0.2, 0) is 16.0 Å². The lowest BCUT2D eigenvalue weighted by atomic mass is 10.1. The number of rotatable bonds is 7. The molecule has 1 aliphatic heterocycles. The highest BCUT2D eigenvalue weighted by molar-refractivity contribution is 5.96. The van der Waals surface area contributed by atoms with E-state index in [0.29, 0.717) is 49.7 Å². The van der Waals surface area contributed by atoms with Crippen molar-refractivity contribution in [2.45, 2.75) is 12.8 Å². The second-order valence-electron chi connectivity index (χ2n) is 7.53. The molecule has 0 aliphatic carbocycles. The van der Waals surface area contributed by atoms with E-state index >= 15 is 0 Å². The van der Waals surface area contributed by atoms with Crippen LogP contribution in [0.5, 0.6) is 11.5 Å². The van der Waals surface area contributed by atoms with Crippen LogP contribution in [0.15, 0.2) is 48.5 Å². The molecule has 1 saturated heterocycles. The number of carbonyl (C=O) groups excluding carboxylic acids is 3. The van der Waals surface area contributed by atoms with Crippen molar-refractivity contribution < 1.29 is 23.9 Å². The van der Waals surface area contributed by atoms with Crippen LogP contribution in [0.4, 0.5) is 0 Å². The summed E-state index contributed by atoms with van der Waals surface area (Å²) in [5, 5.41) is 2.67. The molecule has 0 spiro atoms. The Morgan fingerprint density at radius 1 is 0.844 bits per heavy atom. The molecule has 1 fully saturated rings. The van der Waals surface area contributed by atoms with Crippen LogP contribution in [0.25, 0.3) is 0 Å². The van der Waals surface area contributed by atoms with Gasteiger partial charge in [-0.1, -0.05) is 24.3 Å². The highest BCUT2D eigenvalue weighted by atomic mass is 16.5. The lowest BCUT2D eigenvalue weighted by Crippen LogP contribution is -2.42. The maximum Gasteiger partial charge on any atom is 0.251 e. The van der Waals surface area contributed by atoms with Crippen LogP contribution in [0.3, 0.4) is 0 Å².